The molecule has 0 unspecified atom stereocenters. The smallest absolute Gasteiger partial charge is 0.311 e. The van der Waals surface area contributed by atoms with Crippen LogP contribution in [0.3, 0.4) is 0 Å². The second-order valence-electron chi connectivity index (χ2n) is 23.1. The summed E-state index contributed by atoms with van der Waals surface area (Å²) < 4.78 is 46.7. The molecule has 2 aromatic rings. The van der Waals surface area contributed by atoms with Crippen molar-refractivity contribution in [2.24, 2.45) is 23.7 Å². The SMILES string of the molecule is CC[C@H]1OC(=O)[C@@H](C)[C@@H](O[C@H]2C[C@@](C)(OC)[C@@H](O)[C@H](C)O2)[C@@H](C)[C@@H](O[C@H]2O[C@@H](C)C[C@@H](N(C)Cc3ccc(-c4cn(CCNC(=O)CCCC[C@H]5CCSS5)nn4)cc3)[C@@H]2O)[C@](C)(OC)C[C@@H](C)C(=O)[C@H](C)[C@H](O)[C@]1(C)O. The summed E-state index contributed by atoms with van der Waals surface area (Å²) in [6, 6.07) is 7.57. The number of hydrogen-bond donors (Lipinski definition) is 5. The molecule has 19 atom stereocenters. The van der Waals surface area contributed by atoms with Crippen LogP contribution in [0.1, 0.15) is 133 Å². The van der Waals surface area contributed by atoms with Crippen molar-refractivity contribution in [2.75, 3.05) is 33.6 Å². The number of esters is 1. The van der Waals surface area contributed by atoms with Gasteiger partial charge in [-0.15, -0.1) is 5.10 Å². The van der Waals surface area contributed by atoms with Crippen LogP contribution in [0.5, 0.6) is 0 Å². The first-order valence-corrected chi connectivity index (χ1v) is 30.2. The van der Waals surface area contributed by atoms with Crippen LogP contribution in [-0.2, 0) is 60.6 Å². The van der Waals surface area contributed by atoms with Gasteiger partial charge in [0.1, 0.15) is 35.4 Å². The molecular weight excluding hydrogens is 1030 g/mol. The maximum atomic E-state index is 14.5. The van der Waals surface area contributed by atoms with Gasteiger partial charge in [0, 0.05) is 80.5 Å². The molecule has 6 rings (SSSR count). The van der Waals surface area contributed by atoms with Crippen molar-refractivity contribution in [2.45, 2.75) is 230 Å². The fraction of sp³-hybridized carbons (Fsp3) is 0.804. The molecule has 0 spiro atoms. The summed E-state index contributed by atoms with van der Waals surface area (Å²) in [6.45, 7) is 18.5. The maximum absolute atomic E-state index is 14.5. The van der Waals surface area contributed by atoms with E-state index in [1.165, 1.54) is 39.7 Å². The van der Waals surface area contributed by atoms with E-state index < -0.39 is 108 Å². The molecular formula is C56H91N5O14S2. The highest BCUT2D eigenvalue weighted by Crippen LogP contribution is 2.43. The van der Waals surface area contributed by atoms with Gasteiger partial charge < -0.3 is 58.9 Å². The number of nitrogens with zero attached hydrogens (tertiary/aromatic N) is 4. The number of amides is 1. The average molecular weight is 1120 g/mol. The predicted molar refractivity (Wildman–Crippen MR) is 294 cm³/mol. The van der Waals surface area contributed by atoms with E-state index >= 15 is 0 Å². The van der Waals surface area contributed by atoms with Gasteiger partial charge in [0.05, 0.1) is 60.4 Å². The molecule has 1 aromatic carbocycles. The van der Waals surface area contributed by atoms with Gasteiger partial charge in [0.2, 0.25) is 5.91 Å². The highest BCUT2D eigenvalue weighted by atomic mass is 33.1. The quantitative estimate of drug-likeness (QED) is 0.0606. The molecule has 5 N–H and O–H groups in total. The third-order valence-corrected chi connectivity index (χ3v) is 20.0. The van der Waals surface area contributed by atoms with E-state index in [9.17, 15) is 34.8 Å². The zero-order valence-corrected chi connectivity index (χ0v) is 49.4. The Balaban J connectivity index is 1.20. The maximum Gasteiger partial charge on any atom is 0.311 e. The van der Waals surface area contributed by atoms with Crippen molar-refractivity contribution < 1.29 is 68.0 Å². The number of carbonyl (C=O) groups is 3. The molecule has 19 nitrogen and oxygen atoms in total. The van der Waals surface area contributed by atoms with Crippen LogP contribution < -0.4 is 5.32 Å². The van der Waals surface area contributed by atoms with E-state index in [0.717, 1.165) is 29.2 Å². The second-order valence-corrected chi connectivity index (χ2v) is 25.9. The normalized spacial score (nSPS) is 38.8. The van der Waals surface area contributed by atoms with Crippen LogP contribution in [0.2, 0.25) is 0 Å². The number of ether oxygens (including phenoxy) is 7. The minimum absolute atomic E-state index is 0.0579. The Hall–Kier alpha value is -2.77. The topological polar surface area (TPSA) is 243 Å². The van der Waals surface area contributed by atoms with Gasteiger partial charge in [-0.05, 0) is 92.7 Å². The Morgan fingerprint density at radius 2 is 1.64 bits per heavy atom. The summed E-state index contributed by atoms with van der Waals surface area (Å²) in [4.78, 5) is 43.3. The van der Waals surface area contributed by atoms with Crippen LogP contribution in [0.4, 0.5) is 0 Å². The number of likely N-dealkylation sites (N-methyl/N-ethyl adjacent to an activating group) is 1. The first kappa shape index (κ1) is 63.4. The third-order valence-electron chi connectivity index (χ3n) is 17.0. The monoisotopic (exact) mass is 1120 g/mol. The Morgan fingerprint density at radius 1 is 0.935 bits per heavy atom. The molecule has 436 valence electrons. The van der Waals surface area contributed by atoms with E-state index in [4.69, 9.17) is 33.2 Å². The van der Waals surface area contributed by atoms with Gasteiger partial charge in [-0.2, -0.15) is 0 Å². The Labute approximate surface area is 464 Å². The second kappa shape index (κ2) is 27.8. The van der Waals surface area contributed by atoms with Crippen molar-refractivity contribution in [3.63, 3.8) is 0 Å². The highest BCUT2D eigenvalue weighted by Gasteiger charge is 2.54. The lowest BCUT2D eigenvalue weighted by atomic mass is 9.74. The zero-order chi connectivity index (χ0) is 56.6. The first-order chi connectivity index (χ1) is 36.4. The molecule has 4 aliphatic rings. The number of hydrogen-bond acceptors (Lipinski definition) is 19. The summed E-state index contributed by atoms with van der Waals surface area (Å²) in [5.41, 5.74) is -1.83. The number of methoxy groups -OCH3 is 2. The van der Waals surface area contributed by atoms with Crippen molar-refractivity contribution in [1.82, 2.24) is 25.2 Å². The van der Waals surface area contributed by atoms with Crippen LogP contribution >= 0.6 is 21.6 Å². The summed E-state index contributed by atoms with van der Waals surface area (Å²) in [7, 11) is 8.88. The zero-order valence-electron chi connectivity index (χ0n) is 47.8. The lowest BCUT2D eigenvalue weighted by molar-refractivity contribution is -0.319. The van der Waals surface area contributed by atoms with E-state index in [1.54, 1.807) is 53.1 Å². The molecule has 0 bridgehead atoms. The average Bonchev–Trinajstić information content (AvgIpc) is 4.12. The van der Waals surface area contributed by atoms with Crippen LogP contribution in [-0.4, -0.2) is 181 Å². The Kier molecular flexibility index (Phi) is 22.9. The fourth-order valence-electron chi connectivity index (χ4n) is 11.9. The van der Waals surface area contributed by atoms with Crippen molar-refractivity contribution in [3.05, 3.63) is 36.0 Å². The molecule has 0 saturated carbocycles. The molecule has 1 amide bonds. The van der Waals surface area contributed by atoms with E-state index in [0.29, 0.717) is 38.2 Å². The van der Waals surface area contributed by atoms with Gasteiger partial charge in [0.25, 0.3) is 0 Å². The number of nitrogens with one attached hydrogen (secondary N) is 1. The Bertz CT molecular complexity index is 2200. The molecule has 4 saturated heterocycles. The van der Waals surface area contributed by atoms with E-state index in [-0.39, 0.29) is 37.1 Å². The number of carbonyl (C=O) groups excluding carboxylic acids is 3. The molecule has 77 heavy (non-hydrogen) atoms. The van der Waals surface area contributed by atoms with Crippen molar-refractivity contribution in [1.29, 1.82) is 0 Å². The molecule has 21 heteroatoms. The number of unbranched alkanes of at least 4 members (excludes halogenated alkanes) is 1. The van der Waals surface area contributed by atoms with Gasteiger partial charge in [-0.1, -0.05) is 85.2 Å². The minimum Gasteiger partial charge on any atom is -0.459 e. The fourth-order valence-corrected chi connectivity index (χ4v) is 14.9. The Morgan fingerprint density at radius 3 is 2.29 bits per heavy atom. The van der Waals surface area contributed by atoms with Gasteiger partial charge in [0.15, 0.2) is 12.6 Å². The molecule has 4 fully saturated rings. The summed E-state index contributed by atoms with van der Waals surface area (Å²) in [5.74, 6) is -3.46. The highest BCUT2D eigenvalue weighted by molar-refractivity contribution is 8.77. The minimum atomic E-state index is -2.00. The number of aliphatic hydroxyl groups is 4. The lowest BCUT2D eigenvalue weighted by Crippen LogP contribution is -2.61. The lowest BCUT2D eigenvalue weighted by Gasteiger charge is -2.50. The van der Waals surface area contributed by atoms with Gasteiger partial charge in [-0.3, -0.25) is 24.0 Å². The summed E-state index contributed by atoms with van der Waals surface area (Å²) in [6.07, 6.45) is -2.83. The summed E-state index contributed by atoms with van der Waals surface area (Å²) >= 11 is 0. The van der Waals surface area contributed by atoms with E-state index in [2.05, 4.69) is 20.5 Å². The number of aromatic nitrogens is 3. The van der Waals surface area contributed by atoms with E-state index in [1.807, 2.05) is 72.9 Å². The number of Topliss-reactive ketones (excluding diaryl/α,β-unsaturated/α-hetero) is 1. The molecule has 1 aromatic heterocycles. The van der Waals surface area contributed by atoms with Crippen LogP contribution in [0.25, 0.3) is 11.3 Å². The predicted octanol–water partition coefficient (Wildman–Crippen LogP) is 6.10. The van der Waals surface area contributed by atoms with Crippen molar-refractivity contribution in [3.8, 4) is 11.3 Å². The number of benzene rings is 1. The molecule has 4 aliphatic heterocycles. The van der Waals surface area contributed by atoms with Crippen molar-refractivity contribution >= 4 is 39.2 Å². The number of aliphatic hydroxyl groups excluding tert-OH is 3. The number of cyclic esters (lactones) is 1. The van der Waals surface area contributed by atoms with Gasteiger partial charge in [-0.25, -0.2) is 0 Å². The summed E-state index contributed by atoms with van der Waals surface area (Å²) in [5, 5.41) is 59.4. The number of rotatable bonds is 19. The third kappa shape index (κ3) is 15.6. The largest absolute Gasteiger partial charge is 0.459 e. The molecule has 0 radical (unpaired) electrons. The molecule has 0 aliphatic carbocycles. The number of ketones is 1. The van der Waals surface area contributed by atoms with Crippen LogP contribution in [0.15, 0.2) is 30.5 Å². The van der Waals surface area contributed by atoms with Gasteiger partial charge >= 0.3 is 5.97 Å². The molecule has 5 heterocycles. The standard InChI is InChI=1S/C56H91N5O14S2/c1-14-43-56(10,68)49(65)34(4)46(63)32(2)28-55(9,70-13)51(35(5)48(36(6)52(67)73-43)74-45-29-54(8,69-12)50(66)37(7)72-45)75-53-47(64)42(27-33(3)71-53)60(11)30-38-19-21-39(22-20-38)41-31-61(59-58-41)25-24-57-44(62)18-16-15-17-40-23-26-76-77-40/h19-22,31-37,40,42-43,45,47-51,53,64-66,68H,14-18,23-30H2,1-13H3,(H,57,62)/t32-,33+,34+,35-,36+,37+,40+,42-,43-,45+,47+,48+,49+,50+,51-,53-,54-,55-,56-/m1/s1. The van der Waals surface area contributed by atoms with Crippen LogP contribution in [0, 0.1) is 23.7 Å². The first-order valence-electron chi connectivity index (χ1n) is 27.8.